The standard InChI is InChI=1S/C17H26F3N/c1-2-3-4-5-6-7-8-9-10-21-13-14-11-15(18)17(20)16(19)12-14/h11-12,21H,2-10,13H2,1H3. The zero-order chi connectivity index (χ0) is 15.5. The van der Waals surface area contributed by atoms with Gasteiger partial charge in [0.2, 0.25) is 0 Å². The van der Waals surface area contributed by atoms with E-state index in [-0.39, 0.29) is 0 Å². The summed E-state index contributed by atoms with van der Waals surface area (Å²) >= 11 is 0. The molecule has 4 heteroatoms. The predicted molar refractivity (Wildman–Crippen MR) is 80.6 cm³/mol. The maximum absolute atomic E-state index is 13.0. The van der Waals surface area contributed by atoms with E-state index in [1.54, 1.807) is 0 Å². The Hall–Kier alpha value is -1.03. The molecule has 21 heavy (non-hydrogen) atoms. The van der Waals surface area contributed by atoms with Gasteiger partial charge in [-0.1, -0.05) is 51.9 Å². The van der Waals surface area contributed by atoms with Crippen LogP contribution in [-0.2, 0) is 6.54 Å². The lowest BCUT2D eigenvalue weighted by Gasteiger charge is -2.06. The third-order valence-corrected chi connectivity index (χ3v) is 3.58. The van der Waals surface area contributed by atoms with Crippen LogP contribution in [0.4, 0.5) is 13.2 Å². The molecule has 0 atom stereocenters. The molecule has 0 unspecified atom stereocenters. The van der Waals surface area contributed by atoms with Crippen LogP contribution in [0.2, 0.25) is 0 Å². The van der Waals surface area contributed by atoms with Crippen molar-refractivity contribution in [2.24, 2.45) is 0 Å². The molecule has 0 aliphatic rings. The van der Waals surface area contributed by atoms with Crippen molar-refractivity contribution in [3.8, 4) is 0 Å². The van der Waals surface area contributed by atoms with Crippen molar-refractivity contribution in [3.63, 3.8) is 0 Å². The average Bonchev–Trinajstić information content (AvgIpc) is 2.46. The van der Waals surface area contributed by atoms with Crippen molar-refractivity contribution in [2.75, 3.05) is 6.54 Å². The lowest BCUT2D eigenvalue weighted by molar-refractivity contribution is 0.444. The molecule has 1 N–H and O–H groups in total. The van der Waals surface area contributed by atoms with Crippen LogP contribution in [0.3, 0.4) is 0 Å². The topological polar surface area (TPSA) is 12.0 Å². The summed E-state index contributed by atoms with van der Waals surface area (Å²) in [6.07, 6.45) is 10.00. The van der Waals surface area contributed by atoms with E-state index in [1.807, 2.05) is 0 Å². The van der Waals surface area contributed by atoms with Gasteiger partial charge >= 0.3 is 0 Å². The molecule has 1 aromatic carbocycles. The number of unbranched alkanes of at least 4 members (excludes halogenated alkanes) is 7. The lowest BCUT2D eigenvalue weighted by atomic mass is 10.1. The third kappa shape index (κ3) is 7.51. The minimum Gasteiger partial charge on any atom is -0.313 e. The average molecular weight is 301 g/mol. The molecule has 0 saturated carbocycles. The van der Waals surface area contributed by atoms with Gasteiger partial charge in [0.05, 0.1) is 0 Å². The Morgan fingerprint density at radius 1 is 0.810 bits per heavy atom. The zero-order valence-corrected chi connectivity index (χ0v) is 12.9. The predicted octanol–water partition coefficient (Wildman–Crippen LogP) is 5.33. The summed E-state index contributed by atoms with van der Waals surface area (Å²) in [4.78, 5) is 0. The highest BCUT2D eigenvalue weighted by molar-refractivity contribution is 5.19. The summed E-state index contributed by atoms with van der Waals surface area (Å²) in [5.74, 6) is -3.65. The van der Waals surface area contributed by atoms with Gasteiger partial charge in [-0.3, -0.25) is 0 Å². The van der Waals surface area contributed by atoms with E-state index in [1.165, 1.54) is 44.9 Å². The molecule has 0 radical (unpaired) electrons. The number of halogens is 3. The quantitative estimate of drug-likeness (QED) is 0.430. The highest BCUT2D eigenvalue weighted by Gasteiger charge is 2.09. The number of rotatable bonds is 11. The maximum Gasteiger partial charge on any atom is 0.194 e. The fraction of sp³-hybridized carbons (Fsp3) is 0.647. The summed E-state index contributed by atoms with van der Waals surface area (Å²) in [7, 11) is 0. The third-order valence-electron chi connectivity index (χ3n) is 3.58. The second-order valence-electron chi connectivity index (χ2n) is 5.53. The molecule has 0 aliphatic carbocycles. The summed E-state index contributed by atoms with van der Waals surface area (Å²) in [6.45, 7) is 3.39. The second kappa shape index (κ2) is 10.7. The van der Waals surface area contributed by atoms with Gasteiger partial charge in [-0.15, -0.1) is 0 Å². The molecule has 0 aromatic heterocycles. The largest absolute Gasteiger partial charge is 0.313 e. The van der Waals surface area contributed by atoms with Crippen LogP contribution >= 0.6 is 0 Å². The van der Waals surface area contributed by atoms with Crippen molar-refractivity contribution >= 4 is 0 Å². The summed E-state index contributed by atoms with van der Waals surface area (Å²) < 4.78 is 38.8. The summed E-state index contributed by atoms with van der Waals surface area (Å²) in [5, 5.41) is 3.13. The van der Waals surface area contributed by atoms with Gasteiger partial charge in [0, 0.05) is 6.54 Å². The van der Waals surface area contributed by atoms with Gasteiger partial charge in [0.1, 0.15) is 0 Å². The molecule has 0 saturated heterocycles. The lowest BCUT2D eigenvalue weighted by Crippen LogP contribution is -2.15. The summed E-state index contributed by atoms with van der Waals surface area (Å²) in [6, 6.07) is 2.08. The Kier molecular flexibility index (Phi) is 9.15. The minimum atomic E-state index is -1.40. The molecule has 1 rings (SSSR count). The van der Waals surface area contributed by atoms with Crippen molar-refractivity contribution in [3.05, 3.63) is 35.1 Å². The molecule has 1 nitrogen and oxygen atoms in total. The maximum atomic E-state index is 13.0. The van der Waals surface area contributed by atoms with Gasteiger partial charge in [0.25, 0.3) is 0 Å². The van der Waals surface area contributed by atoms with Crippen LogP contribution in [-0.4, -0.2) is 6.54 Å². The fourth-order valence-corrected chi connectivity index (χ4v) is 2.33. The van der Waals surface area contributed by atoms with Crippen molar-refractivity contribution < 1.29 is 13.2 Å². The zero-order valence-electron chi connectivity index (χ0n) is 12.9. The summed E-state index contributed by atoms with van der Waals surface area (Å²) in [5.41, 5.74) is 0.436. The van der Waals surface area contributed by atoms with E-state index in [2.05, 4.69) is 12.2 Å². The number of hydrogen-bond donors (Lipinski definition) is 1. The highest BCUT2D eigenvalue weighted by Crippen LogP contribution is 2.13. The van der Waals surface area contributed by atoms with Crippen molar-refractivity contribution in [1.82, 2.24) is 5.32 Å². The Balaban J connectivity index is 2.04. The van der Waals surface area contributed by atoms with E-state index in [4.69, 9.17) is 0 Å². The van der Waals surface area contributed by atoms with E-state index in [9.17, 15) is 13.2 Å². The Morgan fingerprint density at radius 3 is 1.90 bits per heavy atom. The Bertz CT molecular complexity index is 384. The van der Waals surface area contributed by atoms with Crippen LogP contribution in [0.15, 0.2) is 12.1 Å². The SMILES string of the molecule is CCCCCCCCCCNCc1cc(F)c(F)c(F)c1. The van der Waals surface area contributed by atoms with Gasteiger partial charge in [-0.05, 0) is 30.7 Å². The van der Waals surface area contributed by atoms with E-state index in [0.29, 0.717) is 12.1 Å². The number of nitrogens with one attached hydrogen (secondary N) is 1. The first-order valence-corrected chi connectivity index (χ1v) is 7.99. The number of hydrogen-bond acceptors (Lipinski definition) is 1. The second-order valence-corrected chi connectivity index (χ2v) is 5.53. The molecule has 0 aliphatic heterocycles. The van der Waals surface area contributed by atoms with Crippen LogP contribution in [0.1, 0.15) is 63.9 Å². The van der Waals surface area contributed by atoms with Gasteiger partial charge in [0.15, 0.2) is 17.5 Å². The first kappa shape index (κ1) is 18.0. The number of benzene rings is 1. The van der Waals surface area contributed by atoms with Gasteiger partial charge in [-0.2, -0.15) is 0 Å². The van der Waals surface area contributed by atoms with Crippen LogP contribution < -0.4 is 5.32 Å². The van der Waals surface area contributed by atoms with Gasteiger partial charge < -0.3 is 5.32 Å². The van der Waals surface area contributed by atoms with E-state index < -0.39 is 17.5 Å². The van der Waals surface area contributed by atoms with Crippen LogP contribution in [0, 0.1) is 17.5 Å². The monoisotopic (exact) mass is 301 g/mol. The van der Waals surface area contributed by atoms with Gasteiger partial charge in [-0.25, -0.2) is 13.2 Å². The van der Waals surface area contributed by atoms with E-state index >= 15 is 0 Å². The molecular weight excluding hydrogens is 275 g/mol. The molecule has 0 fully saturated rings. The normalized spacial score (nSPS) is 11.0. The molecule has 0 amide bonds. The van der Waals surface area contributed by atoms with E-state index in [0.717, 1.165) is 25.1 Å². The Labute approximate surface area is 125 Å². The molecular formula is C17H26F3N. The Morgan fingerprint density at radius 2 is 1.33 bits per heavy atom. The van der Waals surface area contributed by atoms with Crippen molar-refractivity contribution in [2.45, 2.75) is 64.8 Å². The fourth-order valence-electron chi connectivity index (χ4n) is 2.33. The van der Waals surface area contributed by atoms with Crippen LogP contribution in [0.5, 0.6) is 0 Å². The molecule has 0 bridgehead atoms. The first-order chi connectivity index (χ1) is 10.1. The first-order valence-electron chi connectivity index (χ1n) is 7.99. The smallest absolute Gasteiger partial charge is 0.194 e. The molecule has 1 aromatic rings. The van der Waals surface area contributed by atoms with Crippen molar-refractivity contribution in [1.29, 1.82) is 0 Å². The molecule has 120 valence electrons. The molecule has 0 heterocycles. The van der Waals surface area contributed by atoms with Crippen LogP contribution in [0.25, 0.3) is 0 Å². The molecule has 0 spiro atoms. The minimum absolute atomic E-state index is 0.366. The highest BCUT2D eigenvalue weighted by atomic mass is 19.2.